The quantitative estimate of drug-likeness (QED) is 0.253. The Bertz CT molecular complexity index is 1710. The third-order valence-corrected chi connectivity index (χ3v) is 8.93. The van der Waals surface area contributed by atoms with Crippen LogP contribution in [-0.4, -0.2) is 111 Å². The summed E-state index contributed by atoms with van der Waals surface area (Å²) in [7, 11) is 1.61. The smallest absolute Gasteiger partial charge is 0.255 e. The normalized spacial score (nSPS) is 24.8. The third kappa shape index (κ3) is 4.30. The molecule has 1 saturated heterocycles. The number of phenols is 2. The fourth-order valence-corrected chi connectivity index (χ4v) is 6.80. The van der Waals surface area contributed by atoms with Gasteiger partial charge >= 0.3 is 0 Å². The number of ether oxygens (including phenoxy) is 1. The number of primary amides is 1. The lowest BCUT2D eigenvalue weighted by atomic mass is 9.61. The van der Waals surface area contributed by atoms with Gasteiger partial charge in [0.2, 0.25) is 5.78 Å². The molecule has 2 aliphatic carbocycles. The number of Topliss-reactive ketones (excluding diaryl/α,β-unsaturated/α-hetero) is 2. The standard InChI is InChI=1S/C30H32N4O9/c1-14-11-20(43-32-14)16-3-4-19(35)22-17(16)12-15-13-18-24(34-7-5-33(6-8-34)9-10-42-2)26(37)23(29(31)40)28(39)30(18,41)27(38)21(15)25(22)36/h3-4,11-12,18,24,35-36,39,41H,5-10,13H2,1-2H3,(H2,31,40). The fraction of sp³-hybridized carbons (Fsp3) is 0.400. The monoisotopic (exact) mass is 592 g/mol. The van der Waals surface area contributed by atoms with Gasteiger partial charge in [0.05, 0.1) is 29.3 Å². The van der Waals surface area contributed by atoms with E-state index in [4.69, 9.17) is 15.0 Å². The van der Waals surface area contributed by atoms with Crippen molar-refractivity contribution in [2.24, 2.45) is 11.7 Å². The molecule has 0 saturated carbocycles. The van der Waals surface area contributed by atoms with Crippen molar-refractivity contribution in [1.82, 2.24) is 15.0 Å². The average molecular weight is 593 g/mol. The third-order valence-electron chi connectivity index (χ3n) is 8.93. The summed E-state index contributed by atoms with van der Waals surface area (Å²) in [6, 6.07) is 5.04. The maximum absolute atomic E-state index is 14.2. The highest BCUT2D eigenvalue weighted by Crippen LogP contribution is 2.51. The molecule has 2 heterocycles. The van der Waals surface area contributed by atoms with Gasteiger partial charge in [-0.15, -0.1) is 0 Å². The number of ketones is 2. The molecule has 1 fully saturated rings. The first-order valence-corrected chi connectivity index (χ1v) is 13.9. The number of nitrogens with zero attached hydrogens (tertiary/aromatic N) is 3. The summed E-state index contributed by atoms with van der Waals surface area (Å²) in [5, 5.41) is 49.6. The predicted octanol–water partition coefficient (Wildman–Crippen LogP) is 0.813. The molecule has 43 heavy (non-hydrogen) atoms. The van der Waals surface area contributed by atoms with Crippen molar-refractivity contribution in [2.75, 3.05) is 46.4 Å². The second-order valence-corrected chi connectivity index (χ2v) is 11.3. The van der Waals surface area contributed by atoms with Gasteiger partial charge in [0.25, 0.3) is 5.91 Å². The van der Waals surface area contributed by atoms with E-state index in [1.165, 1.54) is 6.07 Å². The van der Waals surface area contributed by atoms with Crippen LogP contribution in [0.25, 0.3) is 22.1 Å². The van der Waals surface area contributed by atoms with Crippen molar-refractivity contribution in [3.8, 4) is 22.8 Å². The van der Waals surface area contributed by atoms with E-state index in [0.29, 0.717) is 67.3 Å². The van der Waals surface area contributed by atoms with E-state index in [1.807, 2.05) is 0 Å². The number of methoxy groups -OCH3 is 1. The van der Waals surface area contributed by atoms with Gasteiger partial charge < -0.3 is 35.4 Å². The number of nitrogens with two attached hydrogens (primary N) is 1. The molecule has 0 spiro atoms. The van der Waals surface area contributed by atoms with Crippen molar-refractivity contribution in [1.29, 1.82) is 0 Å². The van der Waals surface area contributed by atoms with Crippen LogP contribution in [-0.2, 0) is 20.7 Å². The Labute approximate surface area is 245 Å². The van der Waals surface area contributed by atoms with Crippen LogP contribution < -0.4 is 5.73 Å². The van der Waals surface area contributed by atoms with Crippen molar-refractivity contribution < 1.29 is 44.1 Å². The van der Waals surface area contributed by atoms with Crippen molar-refractivity contribution in [3.05, 3.63) is 52.4 Å². The minimum Gasteiger partial charge on any atom is -0.508 e. The van der Waals surface area contributed by atoms with E-state index in [9.17, 15) is 34.8 Å². The Morgan fingerprint density at radius 3 is 2.51 bits per heavy atom. The number of aromatic hydroxyl groups is 2. The zero-order valence-electron chi connectivity index (χ0n) is 23.7. The number of piperazine rings is 1. The number of phenolic OH excluding ortho intramolecular Hbond substituents is 2. The van der Waals surface area contributed by atoms with Crippen LogP contribution in [0.15, 0.2) is 40.1 Å². The number of benzene rings is 2. The number of carbonyl (C=O) groups excluding carboxylic acids is 3. The molecule has 2 aromatic carbocycles. The molecule has 1 aromatic heterocycles. The number of amides is 1. The number of aliphatic hydroxyl groups is 2. The van der Waals surface area contributed by atoms with E-state index in [2.05, 4.69) is 10.1 Å². The first kappa shape index (κ1) is 28.8. The lowest BCUT2D eigenvalue weighted by Gasteiger charge is -2.50. The maximum Gasteiger partial charge on any atom is 0.255 e. The predicted molar refractivity (Wildman–Crippen MR) is 152 cm³/mol. The second kappa shape index (κ2) is 10.5. The number of rotatable bonds is 6. The van der Waals surface area contributed by atoms with E-state index in [-0.39, 0.29) is 23.1 Å². The van der Waals surface area contributed by atoms with Crippen LogP contribution in [0.5, 0.6) is 11.5 Å². The molecule has 13 heteroatoms. The zero-order chi connectivity index (χ0) is 30.8. The molecule has 3 aliphatic rings. The molecular formula is C30H32N4O9. The topological polar surface area (TPSA) is 200 Å². The molecular weight excluding hydrogens is 560 g/mol. The molecule has 1 aliphatic heterocycles. The summed E-state index contributed by atoms with van der Waals surface area (Å²) in [4.78, 5) is 44.3. The summed E-state index contributed by atoms with van der Waals surface area (Å²) < 4.78 is 10.6. The van der Waals surface area contributed by atoms with Crippen LogP contribution in [0.2, 0.25) is 0 Å². The minimum absolute atomic E-state index is 0.0742. The lowest BCUT2D eigenvalue weighted by molar-refractivity contribution is -0.134. The van der Waals surface area contributed by atoms with Crippen molar-refractivity contribution >= 4 is 28.2 Å². The van der Waals surface area contributed by atoms with Crippen molar-refractivity contribution in [2.45, 2.75) is 25.0 Å². The highest BCUT2D eigenvalue weighted by atomic mass is 16.5. The molecule has 3 aromatic rings. The second-order valence-electron chi connectivity index (χ2n) is 11.3. The summed E-state index contributed by atoms with van der Waals surface area (Å²) in [5.41, 5.74) is 2.98. The molecule has 0 radical (unpaired) electrons. The van der Waals surface area contributed by atoms with E-state index >= 15 is 0 Å². The largest absolute Gasteiger partial charge is 0.508 e. The van der Waals surface area contributed by atoms with Gasteiger partial charge in [-0.05, 0) is 37.1 Å². The minimum atomic E-state index is -2.73. The summed E-state index contributed by atoms with van der Waals surface area (Å²) in [6.45, 7) is 4.85. The van der Waals surface area contributed by atoms with Crippen LogP contribution in [0.4, 0.5) is 0 Å². The van der Waals surface area contributed by atoms with E-state index < -0.39 is 52.1 Å². The van der Waals surface area contributed by atoms with E-state index in [1.54, 1.807) is 37.1 Å². The molecule has 1 amide bonds. The molecule has 3 unspecified atom stereocenters. The Hall–Kier alpha value is -4.30. The summed E-state index contributed by atoms with van der Waals surface area (Å²) in [6.07, 6.45) is -0.123. The molecule has 6 N–H and O–H groups in total. The van der Waals surface area contributed by atoms with Gasteiger partial charge in [-0.1, -0.05) is 5.16 Å². The van der Waals surface area contributed by atoms with Gasteiger partial charge in [-0.3, -0.25) is 24.2 Å². The Morgan fingerprint density at radius 1 is 1.16 bits per heavy atom. The van der Waals surface area contributed by atoms with E-state index in [0.717, 1.165) is 0 Å². The SMILES string of the molecule is COCCN1CCN(C2C(=O)C(C(N)=O)=C(O)C3(O)C(=O)c4c(cc5c(-c6cc(C)no6)ccc(O)c5c4O)CC23)CC1. The van der Waals surface area contributed by atoms with Gasteiger partial charge in [0, 0.05) is 62.8 Å². The number of hydrogen-bond donors (Lipinski definition) is 5. The van der Waals surface area contributed by atoms with Gasteiger partial charge in [0.1, 0.15) is 22.8 Å². The lowest BCUT2D eigenvalue weighted by Crippen LogP contribution is -2.67. The highest BCUT2D eigenvalue weighted by molar-refractivity contribution is 6.25. The number of hydrogen-bond acceptors (Lipinski definition) is 12. The Kier molecular flexibility index (Phi) is 7.00. The molecule has 0 bridgehead atoms. The molecule has 6 rings (SSSR count). The number of aliphatic hydroxyl groups excluding tert-OH is 1. The Morgan fingerprint density at radius 2 is 1.88 bits per heavy atom. The molecule has 226 valence electrons. The zero-order valence-corrected chi connectivity index (χ0v) is 23.7. The van der Waals surface area contributed by atoms with Gasteiger partial charge in [-0.25, -0.2) is 0 Å². The number of fused-ring (bicyclic) bond motifs is 3. The van der Waals surface area contributed by atoms with Crippen LogP contribution >= 0.6 is 0 Å². The first-order valence-electron chi connectivity index (χ1n) is 13.9. The number of carbonyl (C=O) groups is 3. The molecule has 13 nitrogen and oxygen atoms in total. The van der Waals surface area contributed by atoms with Crippen molar-refractivity contribution in [3.63, 3.8) is 0 Å². The molecule has 3 atom stereocenters. The van der Waals surface area contributed by atoms with Gasteiger partial charge in [-0.2, -0.15) is 0 Å². The number of aromatic nitrogens is 1. The average Bonchev–Trinajstić information content (AvgIpc) is 3.40. The highest BCUT2D eigenvalue weighted by Gasteiger charge is 2.62. The Balaban J connectivity index is 1.51. The summed E-state index contributed by atoms with van der Waals surface area (Å²) >= 11 is 0. The van der Waals surface area contributed by atoms with Crippen LogP contribution in [0.3, 0.4) is 0 Å². The maximum atomic E-state index is 14.2. The van der Waals surface area contributed by atoms with Crippen LogP contribution in [0, 0.1) is 12.8 Å². The fourth-order valence-electron chi connectivity index (χ4n) is 6.80. The van der Waals surface area contributed by atoms with Crippen LogP contribution in [0.1, 0.15) is 21.6 Å². The summed E-state index contributed by atoms with van der Waals surface area (Å²) in [5.74, 6) is -6.08. The number of aryl methyl sites for hydroxylation is 1. The van der Waals surface area contributed by atoms with Gasteiger partial charge in [0.15, 0.2) is 17.1 Å². The first-order chi connectivity index (χ1) is 20.5.